The van der Waals surface area contributed by atoms with E-state index in [1.807, 2.05) is 32.9 Å². The molecule has 1 N–H and O–H groups in total. The first-order chi connectivity index (χ1) is 14.0. The van der Waals surface area contributed by atoms with Gasteiger partial charge in [-0.2, -0.15) is 4.68 Å². The van der Waals surface area contributed by atoms with Gasteiger partial charge in [0.1, 0.15) is 17.1 Å². The van der Waals surface area contributed by atoms with Crippen LogP contribution < -0.4 is 10.1 Å². The van der Waals surface area contributed by atoms with E-state index in [2.05, 4.69) is 25.8 Å². The highest BCUT2D eigenvalue weighted by Crippen LogP contribution is 2.31. The largest absolute Gasteiger partial charge is 0.489 e. The van der Waals surface area contributed by atoms with Crippen molar-refractivity contribution in [3.63, 3.8) is 0 Å². The minimum atomic E-state index is -0.0650. The lowest BCUT2D eigenvalue weighted by molar-refractivity contribution is 0.0893. The molecule has 1 saturated carbocycles. The minimum absolute atomic E-state index is 0.0650. The summed E-state index contributed by atoms with van der Waals surface area (Å²) in [5.41, 5.74) is 2.53. The normalized spacial score (nSPS) is 19.1. The minimum Gasteiger partial charge on any atom is -0.489 e. The van der Waals surface area contributed by atoms with Gasteiger partial charge >= 0.3 is 0 Å². The van der Waals surface area contributed by atoms with Crippen LogP contribution in [-0.2, 0) is 0 Å². The van der Waals surface area contributed by atoms with E-state index in [0.717, 1.165) is 52.6 Å². The van der Waals surface area contributed by atoms with E-state index in [-0.39, 0.29) is 18.1 Å². The molecule has 1 amide bonds. The van der Waals surface area contributed by atoms with Gasteiger partial charge in [0.2, 0.25) is 0 Å². The summed E-state index contributed by atoms with van der Waals surface area (Å²) >= 11 is 1.53. The maximum Gasteiger partial charge on any atom is 0.254 e. The van der Waals surface area contributed by atoms with Crippen LogP contribution in [0.1, 0.15) is 52.2 Å². The number of hydrogen-bond acceptors (Lipinski definition) is 7. The van der Waals surface area contributed by atoms with Crippen LogP contribution in [0.25, 0.3) is 5.00 Å². The van der Waals surface area contributed by atoms with E-state index in [4.69, 9.17) is 4.74 Å². The first-order valence-corrected chi connectivity index (χ1v) is 10.6. The molecule has 0 atom stereocenters. The van der Waals surface area contributed by atoms with Gasteiger partial charge in [-0.05, 0) is 74.6 Å². The first kappa shape index (κ1) is 19.5. The summed E-state index contributed by atoms with van der Waals surface area (Å²) in [5.74, 6) is 0.778. The van der Waals surface area contributed by atoms with Crippen LogP contribution in [-0.4, -0.2) is 43.2 Å². The Labute approximate surface area is 173 Å². The van der Waals surface area contributed by atoms with Gasteiger partial charge in [-0.3, -0.25) is 9.78 Å². The van der Waals surface area contributed by atoms with Gasteiger partial charge in [0, 0.05) is 17.1 Å². The van der Waals surface area contributed by atoms with Crippen molar-refractivity contribution in [2.45, 2.75) is 58.6 Å². The van der Waals surface area contributed by atoms with Gasteiger partial charge in [0.05, 0.1) is 17.4 Å². The zero-order valence-electron chi connectivity index (χ0n) is 16.8. The zero-order valence-corrected chi connectivity index (χ0v) is 17.6. The van der Waals surface area contributed by atoms with Gasteiger partial charge in [-0.15, -0.1) is 16.4 Å². The molecule has 8 nitrogen and oxygen atoms in total. The number of pyridine rings is 1. The van der Waals surface area contributed by atoms with Crippen LogP contribution in [0.4, 0.5) is 0 Å². The lowest BCUT2D eigenvalue weighted by atomic mass is 9.92. The van der Waals surface area contributed by atoms with E-state index < -0.39 is 0 Å². The fourth-order valence-electron chi connectivity index (χ4n) is 3.65. The number of amides is 1. The van der Waals surface area contributed by atoms with Gasteiger partial charge < -0.3 is 10.1 Å². The number of carbonyl (C=O) groups is 1. The van der Waals surface area contributed by atoms with E-state index in [1.54, 1.807) is 10.9 Å². The molecule has 3 aromatic rings. The monoisotopic (exact) mass is 412 g/mol. The van der Waals surface area contributed by atoms with Gasteiger partial charge in [0.15, 0.2) is 0 Å². The van der Waals surface area contributed by atoms with Crippen LogP contribution in [0.5, 0.6) is 5.75 Å². The van der Waals surface area contributed by atoms with Gasteiger partial charge in [-0.1, -0.05) is 0 Å². The standard InChI is InChI=1S/C20H24N6O2S/c1-12-14(3)29-20(26-11-22-24-25-26)18(12)19(27)23-15-6-8-16(9-7-15)28-17-5-4-10-21-13(17)2/h4-5,10-11,15-16H,6-9H2,1-3H3,(H,23,27). The molecule has 0 bridgehead atoms. The molecule has 152 valence electrons. The van der Waals surface area contributed by atoms with Crippen LogP contribution >= 0.6 is 11.3 Å². The van der Waals surface area contributed by atoms with Crippen molar-refractivity contribution in [2.24, 2.45) is 0 Å². The van der Waals surface area contributed by atoms with Crippen molar-refractivity contribution in [1.82, 2.24) is 30.5 Å². The maximum absolute atomic E-state index is 13.1. The van der Waals surface area contributed by atoms with Crippen molar-refractivity contribution in [3.8, 4) is 10.8 Å². The number of aryl methyl sites for hydroxylation is 2. The number of ether oxygens (including phenoxy) is 1. The number of thiophene rings is 1. The first-order valence-electron chi connectivity index (χ1n) is 9.75. The molecule has 0 unspecified atom stereocenters. The Balaban J connectivity index is 1.39. The molecule has 4 rings (SSSR count). The van der Waals surface area contributed by atoms with E-state index in [1.165, 1.54) is 17.7 Å². The van der Waals surface area contributed by atoms with Crippen LogP contribution in [0, 0.1) is 20.8 Å². The molecule has 0 aliphatic heterocycles. The number of nitrogens with one attached hydrogen (secondary N) is 1. The molecule has 3 heterocycles. The summed E-state index contributed by atoms with van der Waals surface area (Å²) in [6.45, 7) is 5.93. The molecular formula is C20H24N6O2S. The van der Waals surface area contributed by atoms with Crippen molar-refractivity contribution in [1.29, 1.82) is 0 Å². The Morgan fingerprint density at radius 3 is 2.72 bits per heavy atom. The zero-order chi connectivity index (χ0) is 20.4. The van der Waals surface area contributed by atoms with Crippen molar-refractivity contribution in [2.75, 3.05) is 0 Å². The second kappa shape index (κ2) is 8.28. The average molecular weight is 413 g/mol. The third-order valence-electron chi connectivity index (χ3n) is 5.41. The highest BCUT2D eigenvalue weighted by Gasteiger charge is 2.27. The molecule has 3 aromatic heterocycles. The molecule has 29 heavy (non-hydrogen) atoms. The number of aromatic nitrogens is 5. The summed E-state index contributed by atoms with van der Waals surface area (Å²) in [7, 11) is 0. The summed E-state index contributed by atoms with van der Waals surface area (Å²) in [6.07, 6.45) is 7.03. The molecule has 1 fully saturated rings. The van der Waals surface area contributed by atoms with Crippen LogP contribution in [0.2, 0.25) is 0 Å². The van der Waals surface area contributed by atoms with Crippen molar-refractivity contribution < 1.29 is 9.53 Å². The molecule has 0 radical (unpaired) electrons. The molecule has 1 aliphatic rings. The summed E-state index contributed by atoms with van der Waals surface area (Å²) in [5, 5.41) is 15.3. The highest BCUT2D eigenvalue weighted by atomic mass is 32.1. The van der Waals surface area contributed by atoms with Crippen molar-refractivity contribution in [3.05, 3.63) is 46.4 Å². The van der Waals surface area contributed by atoms with E-state index >= 15 is 0 Å². The van der Waals surface area contributed by atoms with Gasteiger partial charge in [0.25, 0.3) is 5.91 Å². The predicted octanol–water partition coefficient (Wildman–Crippen LogP) is 3.16. The van der Waals surface area contributed by atoms with E-state index in [9.17, 15) is 4.79 Å². The lowest BCUT2D eigenvalue weighted by Crippen LogP contribution is -2.40. The maximum atomic E-state index is 13.1. The summed E-state index contributed by atoms with van der Waals surface area (Å²) < 4.78 is 7.67. The average Bonchev–Trinajstić information content (AvgIpc) is 3.34. The number of nitrogens with zero attached hydrogens (tertiary/aromatic N) is 5. The number of rotatable bonds is 5. The second-order valence-electron chi connectivity index (χ2n) is 7.37. The third kappa shape index (κ3) is 4.14. The number of tetrazole rings is 1. The van der Waals surface area contributed by atoms with Crippen LogP contribution in [0.3, 0.4) is 0 Å². The third-order valence-corrected chi connectivity index (χ3v) is 6.61. The molecule has 0 aromatic carbocycles. The fraction of sp³-hybridized carbons (Fsp3) is 0.450. The molecular weight excluding hydrogens is 388 g/mol. The smallest absolute Gasteiger partial charge is 0.254 e. The van der Waals surface area contributed by atoms with Crippen molar-refractivity contribution >= 4 is 17.2 Å². The molecule has 1 aliphatic carbocycles. The Hall–Kier alpha value is -2.81. The second-order valence-corrected chi connectivity index (χ2v) is 8.57. The topological polar surface area (TPSA) is 94.8 Å². The Morgan fingerprint density at radius 2 is 2.03 bits per heavy atom. The Morgan fingerprint density at radius 1 is 1.24 bits per heavy atom. The lowest BCUT2D eigenvalue weighted by Gasteiger charge is -2.30. The molecule has 9 heteroatoms. The number of carbonyl (C=O) groups excluding carboxylic acids is 1. The molecule has 0 spiro atoms. The highest BCUT2D eigenvalue weighted by molar-refractivity contribution is 7.15. The quantitative estimate of drug-likeness (QED) is 0.692. The summed E-state index contributed by atoms with van der Waals surface area (Å²) in [6, 6.07) is 3.98. The SMILES string of the molecule is Cc1ncccc1OC1CCC(NC(=O)c2c(-n3cnnn3)sc(C)c2C)CC1. The van der Waals surface area contributed by atoms with Crippen LogP contribution in [0.15, 0.2) is 24.7 Å². The van der Waals surface area contributed by atoms with Gasteiger partial charge in [-0.25, -0.2) is 0 Å². The Kier molecular flexibility index (Phi) is 5.57. The molecule has 0 saturated heterocycles. The van der Waals surface area contributed by atoms with E-state index in [0.29, 0.717) is 5.56 Å². The Bertz CT molecular complexity index is 993. The summed E-state index contributed by atoms with van der Waals surface area (Å²) in [4.78, 5) is 18.4. The predicted molar refractivity (Wildman–Crippen MR) is 110 cm³/mol. The number of hydrogen-bond donors (Lipinski definition) is 1. The fourth-order valence-corrected chi connectivity index (χ4v) is 4.72.